The molecule has 1 amide bonds. The Labute approximate surface area is 143 Å². The van der Waals surface area contributed by atoms with Crippen molar-refractivity contribution in [1.82, 2.24) is 15.1 Å². The Kier molecular flexibility index (Phi) is 5.08. The van der Waals surface area contributed by atoms with Crippen LogP contribution >= 0.6 is 0 Å². The van der Waals surface area contributed by atoms with Crippen molar-refractivity contribution in [1.29, 1.82) is 0 Å². The Morgan fingerprint density at radius 3 is 2.38 bits per heavy atom. The molecule has 2 aromatic rings. The van der Waals surface area contributed by atoms with Gasteiger partial charge in [-0.3, -0.25) is 4.79 Å². The van der Waals surface area contributed by atoms with Gasteiger partial charge < -0.3 is 9.80 Å². The maximum Gasteiger partial charge on any atom is 0.274 e. The van der Waals surface area contributed by atoms with E-state index in [9.17, 15) is 4.79 Å². The lowest BCUT2D eigenvalue weighted by atomic mass is 10.2. The van der Waals surface area contributed by atoms with Gasteiger partial charge >= 0.3 is 0 Å². The van der Waals surface area contributed by atoms with Crippen LogP contribution in [-0.2, 0) is 6.54 Å². The van der Waals surface area contributed by atoms with Crippen molar-refractivity contribution < 1.29 is 4.79 Å². The third-order valence-electron chi connectivity index (χ3n) is 4.38. The summed E-state index contributed by atoms with van der Waals surface area (Å²) >= 11 is 0. The molecule has 5 heteroatoms. The van der Waals surface area contributed by atoms with E-state index in [1.807, 2.05) is 29.2 Å². The van der Waals surface area contributed by atoms with Gasteiger partial charge in [0.15, 0.2) is 11.5 Å². The first-order valence-electron chi connectivity index (χ1n) is 8.59. The third-order valence-corrected chi connectivity index (χ3v) is 4.38. The Hall–Kier alpha value is -2.43. The largest absolute Gasteiger partial charge is 0.348 e. The van der Waals surface area contributed by atoms with Gasteiger partial charge in [-0.05, 0) is 44.4 Å². The van der Waals surface area contributed by atoms with Crippen LogP contribution in [-0.4, -0.2) is 40.1 Å². The number of hydrogen-bond acceptors (Lipinski definition) is 4. The van der Waals surface area contributed by atoms with Crippen LogP contribution in [0.4, 0.5) is 5.82 Å². The Balaban J connectivity index is 1.75. The number of aromatic nitrogens is 2. The van der Waals surface area contributed by atoms with E-state index in [1.54, 1.807) is 6.07 Å². The minimum absolute atomic E-state index is 0.00861. The number of likely N-dealkylation sites (tertiary alicyclic amines) is 1. The molecule has 0 radical (unpaired) electrons. The first kappa shape index (κ1) is 16.4. The molecule has 1 aliphatic heterocycles. The maximum atomic E-state index is 12.4. The fourth-order valence-corrected chi connectivity index (χ4v) is 2.98. The summed E-state index contributed by atoms with van der Waals surface area (Å²) < 4.78 is 0. The second-order valence-electron chi connectivity index (χ2n) is 6.48. The standard InChI is InChI=1S/C19H24N4O/c1-15(2)23(14-16-8-4-3-5-9-16)18-11-10-17(20-21-18)19(24)22-12-6-7-13-22/h3-5,8-11,15H,6-7,12-14H2,1-2H3. The first-order chi connectivity index (χ1) is 11.6. The number of rotatable bonds is 5. The number of carbonyl (C=O) groups excluding carboxylic acids is 1. The lowest BCUT2D eigenvalue weighted by Crippen LogP contribution is -2.32. The Morgan fingerprint density at radius 1 is 1.08 bits per heavy atom. The second-order valence-corrected chi connectivity index (χ2v) is 6.48. The lowest BCUT2D eigenvalue weighted by Gasteiger charge is -2.27. The van der Waals surface area contributed by atoms with E-state index in [-0.39, 0.29) is 5.91 Å². The zero-order valence-corrected chi connectivity index (χ0v) is 14.4. The second kappa shape index (κ2) is 7.43. The van der Waals surface area contributed by atoms with Crippen molar-refractivity contribution in [2.45, 2.75) is 39.3 Å². The normalized spacial score (nSPS) is 14.2. The molecule has 5 nitrogen and oxygen atoms in total. The van der Waals surface area contributed by atoms with Crippen molar-refractivity contribution in [2.24, 2.45) is 0 Å². The molecule has 0 bridgehead atoms. The van der Waals surface area contributed by atoms with E-state index >= 15 is 0 Å². The van der Waals surface area contributed by atoms with E-state index in [2.05, 4.69) is 41.1 Å². The molecule has 0 saturated carbocycles. The topological polar surface area (TPSA) is 49.3 Å². The Morgan fingerprint density at radius 2 is 1.79 bits per heavy atom. The summed E-state index contributed by atoms with van der Waals surface area (Å²) in [6.07, 6.45) is 2.16. The number of amides is 1. The van der Waals surface area contributed by atoms with Crippen LogP contribution in [0.5, 0.6) is 0 Å². The molecule has 0 atom stereocenters. The van der Waals surface area contributed by atoms with Crippen LogP contribution < -0.4 is 4.90 Å². The zero-order valence-electron chi connectivity index (χ0n) is 14.4. The summed E-state index contributed by atoms with van der Waals surface area (Å²) in [6, 6.07) is 14.3. The minimum Gasteiger partial charge on any atom is -0.348 e. The number of anilines is 1. The van der Waals surface area contributed by atoms with E-state index in [0.29, 0.717) is 11.7 Å². The molecule has 0 N–H and O–H groups in total. The van der Waals surface area contributed by atoms with Crippen LogP contribution in [0, 0.1) is 0 Å². The van der Waals surface area contributed by atoms with Gasteiger partial charge in [0.05, 0.1) is 0 Å². The molecule has 1 saturated heterocycles. The lowest BCUT2D eigenvalue weighted by molar-refractivity contribution is 0.0786. The van der Waals surface area contributed by atoms with Crippen molar-refractivity contribution in [2.75, 3.05) is 18.0 Å². The van der Waals surface area contributed by atoms with Gasteiger partial charge in [0.25, 0.3) is 5.91 Å². The third kappa shape index (κ3) is 3.72. The summed E-state index contributed by atoms with van der Waals surface area (Å²) in [6.45, 7) is 6.69. The number of nitrogens with zero attached hydrogens (tertiary/aromatic N) is 4. The number of benzene rings is 1. The fraction of sp³-hybridized carbons (Fsp3) is 0.421. The number of hydrogen-bond donors (Lipinski definition) is 0. The van der Waals surface area contributed by atoms with Crippen LogP contribution in [0.15, 0.2) is 42.5 Å². The SMILES string of the molecule is CC(C)N(Cc1ccccc1)c1ccc(C(=O)N2CCCC2)nn1. The molecule has 1 aromatic carbocycles. The van der Waals surface area contributed by atoms with E-state index in [4.69, 9.17) is 0 Å². The zero-order chi connectivity index (χ0) is 16.9. The average Bonchev–Trinajstić information content (AvgIpc) is 3.14. The predicted molar refractivity (Wildman–Crippen MR) is 94.9 cm³/mol. The molecule has 24 heavy (non-hydrogen) atoms. The van der Waals surface area contributed by atoms with Crippen LogP contribution in [0.2, 0.25) is 0 Å². The van der Waals surface area contributed by atoms with Gasteiger partial charge in [0, 0.05) is 25.7 Å². The highest BCUT2D eigenvalue weighted by molar-refractivity contribution is 5.92. The van der Waals surface area contributed by atoms with Crippen molar-refractivity contribution in [3.8, 4) is 0 Å². The number of carbonyl (C=O) groups is 1. The summed E-state index contributed by atoms with van der Waals surface area (Å²) in [5.41, 5.74) is 1.66. The molecule has 1 aliphatic rings. The molecule has 0 aliphatic carbocycles. The highest BCUT2D eigenvalue weighted by atomic mass is 16.2. The monoisotopic (exact) mass is 324 g/mol. The molecule has 2 heterocycles. The fourth-order valence-electron chi connectivity index (χ4n) is 2.98. The molecular formula is C19H24N4O. The first-order valence-corrected chi connectivity index (χ1v) is 8.59. The molecule has 3 rings (SSSR count). The molecule has 0 unspecified atom stereocenters. The average molecular weight is 324 g/mol. The Bertz CT molecular complexity index is 664. The summed E-state index contributed by atoms with van der Waals surface area (Å²) in [5, 5.41) is 8.50. The maximum absolute atomic E-state index is 12.4. The van der Waals surface area contributed by atoms with Crippen molar-refractivity contribution in [3.63, 3.8) is 0 Å². The van der Waals surface area contributed by atoms with Gasteiger partial charge in [0.2, 0.25) is 0 Å². The molecule has 0 spiro atoms. The van der Waals surface area contributed by atoms with Gasteiger partial charge in [-0.2, -0.15) is 0 Å². The van der Waals surface area contributed by atoms with E-state index in [0.717, 1.165) is 38.3 Å². The summed E-state index contributed by atoms with van der Waals surface area (Å²) in [7, 11) is 0. The molecule has 1 aromatic heterocycles. The summed E-state index contributed by atoms with van der Waals surface area (Å²) in [5.74, 6) is 0.789. The van der Waals surface area contributed by atoms with Crippen molar-refractivity contribution >= 4 is 11.7 Å². The van der Waals surface area contributed by atoms with Crippen molar-refractivity contribution in [3.05, 3.63) is 53.7 Å². The van der Waals surface area contributed by atoms with Crippen LogP contribution in [0.25, 0.3) is 0 Å². The highest BCUT2D eigenvalue weighted by Gasteiger charge is 2.21. The van der Waals surface area contributed by atoms with Gasteiger partial charge in [-0.25, -0.2) is 0 Å². The minimum atomic E-state index is -0.00861. The molecule has 1 fully saturated rings. The summed E-state index contributed by atoms with van der Waals surface area (Å²) in [4.78, 5) is 16.4. The highest BCUT2D eigenvalue weighted by Crippen LogP contribution is 2.18. The van der Waals surface area contributed by atoms with Crippen LogP contribution in [0.1, 0.15) is 42.7 Å². The van der Waals surface area contributed by atoms with Gasteiger partial charge in [-0.15, -0.1) is 10.2 Å². The van der Waals surface area contributed by atoms with Crippen LogP contribution in [0.3, 0.4) is 0 Å². The van der Waals surface area contributed by atoms with Gasteiger partial charge in [-0.1, -0.05) is 30.3 Å². The van der Waals surface area contributed by atoms with E-state index in [1.165, 1.54) is 5.56 Å². The quantitative estimate of drug-likeness (QED) is 0.848. The van der Waals surface area contributed by atoms with Gasteiger partial charge in [0.1, 0.15) is 0 Å². The predicted octanol–water partition coefficient (Wildman–Crippen LogP) is 3.13. The smallest absolute Gasteiger partial charge is 0.274 e. The molecule has 126 valence electrons. The van der Waals surface area contributed by atoms with E-state index < -0.39 is 0 Å². The molecular weight excluding hydrogens is 300 g/mol.